The summed E-state index contributed by atoms with van der Waals surface area (Å²) in [7, 11) is -4.44. The van der Waals surface area contributed by atoms with Crippen molar-refractivity contribution >= 4 is 50.5 Å². The number of hydrogen-bond donors (Lipinski definition) is 0. The van der Waals surface area contributed by atoms with E-state index in [9.17, 15) is 23.3 Å². The summed E-state index contributed by atoms with van der Waals surface area (Å²) in [5, 5.41) is 11.2. The summed E-state index contributed by atoms with van der Waals surface area (Å²) in [6, 6.07) is 3.28. The van der Waals surface area contributed by atoms with Crippen molar-refractivity contribution in [3.8, 4) is 0 Å². The molecule has 25 heavy (non-hydrogen) atoms. The molecule has 0 bridgehead atoms. The number of aliphatic imine (C=N–C) groups is 1. The van der Waals surface area contributed by atoms with Crippen molar-refractivity contribution in [1.29, 1.82) is 0 Å². The third-order valence-electron chi connectivity index (χ3n) is 4.19. The van der Waals surface area contributed by atoms with Crippen LogP contribution < -0.4 is 0 Å². The molecule has 1 saturated carbocycles. The predicted octanol–water partition coefficient (Wildman–Crippen LogP) is 2.29. The maximum absolute atomic E-state index is 13.1. The first-order chi connectivity index (χ1) is 11.7. The van der Waals surface area contributed by atoms with Gasteiger partial charge in [-0.05, 0) is 18.9 Å². The molecule has 1 aliphatic heterocycles. The second kappa shape index (κ2) is 6.54. The van der Waals surface area contributed by atoms with E-state index in [1.807, 2.05) is 0 Å². The molecule has 11 heteroatoms. The number of rotatable bonds is 4. The van der Waals surface area contributed by atoms with E-state index >= 15 is 0 Å². The van der Waals surface area contributed by atoms with E-state index in [4.69, 9.17) is 23.2 Å². The van der Waals surface area contributed by atoms with Gasteiger partial charge in [-0.1, -0.05) is 35.3 Å². The molecule has 8 nitrogen and oxygen atoms in total. The van der Waals surface area contributed by atoms with E-state index in [1.165, 1.54) is 12.1 Å². The Labute approximate surface area is 153 Å². The first kappa shape index (κ1) is 18.1. The van der Waals surface area contributed by atoms with Crippen molar-refractivity contribution in [2.45, 2.75) is 41.1 Å². The fourth-order valence-corrected chi connectivity index (χ4v) is 5.42. The lowest BCUT2D eigenvalue weighted by atomic mass is 9.90. The highest BCUT2D eigenvalue weighted by atomic mass is 35.5. The van der Waals surface area contributed by atoms with Crippen LogP contribution in [0.4, 0.5) is 5.69 Å². The normalized spacial score (nSPS) is 23.6. The standard InChI is InChI=1S/C14H13Cl2N3O5S/c15-13(16)14-17-8-4-3-6-10(20)12(8)18(14)25(23,24)11-7-2-1-5-9(11)19(21)22/h1-2,5,7-8,12-13H,3-4,6H2. The van der Waals surface area contributed by atoms with Crippen LogP contribution >= 0.6 is 23.2 Å². The molecule has 134 valence electrons. The first-order valence-corrected chi connectivity index (χ1v) is 9.73. The molecule has 0 amide bonds. The van der Waals surface area contributed by atoms with Crippen LogP contribution in [0.2, 0.25) is 0 Å². The Bertz CT molecular complexity index is 871. The number of nitro groups is 1. The smallest absolute Gasteiger partial charge is 0.289 e. The van der Waals surface area contributed by atoms with Gasteiger partial charge in [0, 0.05) is 12.5 Å². The molecule has 0 aromatic heterocycles. The molecule has 1 aromatic carbocycles. The quantitative estimate of drug-likeness (QED) is 0.433. The van der Waals surface area contributed by atoms with Crippen LogP contribution in [0.1, 0.15) is 19.3 Å². The van der Waals surface area contributed by atoms with E-state index < -0.39 is 42.4 Å². The molecule has 1 heterocycles. The van der Waals surface area contributed by atoms with Crippen molar-refractivity contribution in [2.75, 3.05) is 0 Å². The van der Waals surface area contributed by atoms with Crippen molar-refractivity contribution in [3.05, 3.63) is 34.4 Å². The first-order valence-electron chi connectivity index (χ1n) is 7.41. The summed E-state index contributed by atoms with van der Waals surface area (Å²) in [5.74, 6) is -0.474. The van der Waals surface area contributed by atoms with E-state index in [1.54, 1.807) is 0 Å². The number of carbonyl (C=O) groups is 1. The monoisotopic (exact) mass is 405 g/mol. The number of para-hydroxylation sites is 1. The second-order valence-corrected chi connectivity index (χ2v) is 8.56. The second-order valence-electron chi connectivity index (χ2n) is 5.68. The zero-order chi connectivity index (χ0) is 18.4. The lowest BCUT2D eigenvalue weighted by Crippen LogP contribution is -2.51. The highest BCUT2D eigenvalue weighted by Crippen LogP contribution is 2.37. The highest BCUT2D eigenvalue weighted by Gasteiger charge is 2.51. The predicted molar refractivity (Wildman–Crippen MR) is 91.5 cm³/mol. The number of halogens is 2. The van der Waals surface area contributed by atoms with Crippen LogP contribution in [0.5, 0.6) is 0 Å². The van der Waals surface area contributed by atoms with Crippen molar-refractivity contribution in [3.63, 3.8) is 0 Å². The zero-order valence-electron chi connectivity index (χ0n) is 12.7. The molecule has 3 rings (SSSR count). The Morgan fingerprint density at radius 3 is 2.64 bits per heavy atom. The number of hydrogen-bond acceptors (Lipinski definition) is 6. The van der Waals surface area contributed by atoms with Crippen LogP contribution in [-0.2, 0) is 14.8 Å². The molecule has 2 atom stereocenters. The molecular formula is C14H13Cl2N3O5S. The number of nitro benzene ring substituents is 1. The van der Waals surface area contributed by atoms with Crippen molar-refractivity contribution in [2.24, 2.45) is 4.99 Å². The summed E-state index contributed by atoms with van der Waals surface area (Å²) >= 11 is 11.7. The van der Waals surface area contributed by atoms with Crippen LogP contribution in [0.25, 0.3) is 0 Å². The van der Waals surface area contributed by atoms with E-state index in [0.717, 1.165) is 16.4 Å². The fourth-order valence-electron chi connectivity index (χ4n) is 3.15. The van der Waals surface area contributed by atoms with E-state index in [-0.39, 0.29) is 18.0 Å². The number of nitrogens with zero attached hydrogens (tertiary/aromatic N) is 3. The molecule has 0 saturated heterocycles. The minimum absolute atomic E-state index is 0.174. The number of fused-ring (bicyclic) bond motifs is 1. The van der Waals surface area contributed by atoms with Gasteiger partial charge in [-0.25, -0.2) is 12.7 Å². The summed E-state index contributed by atoms with van der Waals surface area (Å²) in [4.78, 5) is 25.2. The maximum Gasteiger partial charge on any atom is 0.289 e. The minimum Gasteiger partial charge on any atom is -0.297 e. The molecule has 2 unspecified atom stereocenters. The summed E-state index contributed by atoms with van der Waals surface area (Å²) < 4.78 is 27.1. The third-order valence-corrected chi connectivity index (χ3v) is 6.41. The number of Topliss-reactive ketones (excluding diaryl/α,β-unsaturated/α-hetero) is 1. The molecule has 1 aliphatic carbocycles. The van der Waals surface area contributed by atoms with Gasteiger partial charge in [0.25, 0.3) is 15.7 Å². The Morgan fingerprint density at radius 2 is 2.00 bits per heavy atom. The van der Waals surface area contributed by atoms with Crippen LogP contribution in [0, 0.1) is 10.1 Å². The summed E-state index contributed by atoms with van der Waals surface area (Å²) in [6.45, 7) is 0. The number of benzene rings is 1. The molecule has 0 N–H and O–H groups in total. The van der Waals surface area contributed by atoms with Crippen LogP contribution in [0.15, 0.2) is 34.2 Å². The topological polar surface area (TPSA) is 110 Å². The summed E-state index contributed by atoms with van der Waals surface area (Å²) in [6.07, 6.45) is 1.32. The number of sulfonamides is 1. The number of carbonyl (C=O) groups excluding carboxylic acids is 1. The lowest BCUT2D eigenvalue weighted by Gasteiger charge is -2.31. The van der Waals surface area contributed by atoms with Gasteiger partial charge in [-0.3, -0.25) is 19.9 Å². The third kappa shape index (κ3) is 3.00. The molecule has 2 aliphatic rings. The average molecular weight is 406 g/mol. The van der Waals surface area contributed by atoms with Gasteiger partial charge in [0.05, 0.1) is 11.0 Å². The highest BCUT2D eigenvalue weighted by molar-refractivity contribution is 7.90. The van der Waals surface area contributed by atoms with Crippen LogP contribution in [0.3, 0.4) is 0 Å². The number of ketones is 1. The molecule has 0 spiro atoms. The Hall–Kier alpha value is -1.71. The number of amidine groups is 1. The summed E-state index contributed by atoms with van der Waals surface area (Å²) in [5.41, 5.74) is -0.589. The van der Waals surface area contributed by atoms with Gasteiger partial charge < -0.3 is 0 Å². The zero-order valence-corrected chi connectivity index (χ0v) is 15.0. The largest absolute Gasteiger partial charge is 0.297 e. The van der Waals surface area contributed by atoms with E-state index in [2.05, 4.69) is 4.99 Å². The minimum atomic E-state index is -4.44. The van der Waals surface area contributed by atoms with Gasteiger partial charge in [0.2, 0.25) is 0 Å². The molecule has 1 aromatic rings. The van der Waals surface area contributed by atoms with Gasteiger partial charge in [0.1, 0.15) is 11.9 Å². The van der Waals surface area contributed by atoms with Gasteiger partial charge in [0.15, 0.2) is 15.5 Å². The maximum atomic E-state index is 13.1. The molecule has 1 fully saturated rings. The Morgan fingerprint density at radius 1 is 1.32 bits per heavy atom. The molecular weight excluding hydrogens is 393 g/mol. The van der Waals surface area contributed by atoms with Crippen molar-refractivity contribution in [1.82, 2.24) is 4.31 Å². The van der Waals surface area contributed by atoms with Crippen molar-refractivity contribution < 1.29 is 18.1 Å². The lowest BCUT2D eigenvalue weighted by molar-refractivity contribution is -0.387. The molecule has 0 radical (unpaired) electrons. The SMILES string of the molecule is O=C1CCCC2N=C(C(Cl)Cl)N(S(=O)(=O)c3ccccc3[N+](=O)[O-])C12. The average Bonchev–Trinajstić information content (AvgIpc) is 2.97. The van der Waals surface area contributed by atoms with Crippen LogP contribution in [-0.4, -0.2) is 46.2 Å². The van der Waals surface area contributed by atoms with Gasteiger partial charge in [-0.15, -0.1) is 0 Å². The van der Waals surface area contributed by atoms with E-state index in [0.29, 0.717) is 12.8 Å². The van der Waals surface area contributed by atoms with Gasteiger partial charge >= 0.3 is 0 Å². The Balaban J connectivity index is 2.16. The van der Waals surface area contributed by atoms with Gasteiger partial charge in [-0.2, -0.15) is 0 Å². The fraction of sp³-hybridized carbons (Fsp3) is 0.429. The number of alkyl halides is 2. The Kier molecular flexibility index (Phi) is 4.74.